The number of hydrogen-bond acceptors (Lipinski definition) is 5. The summed E-state index contributed by atoms with van der Waals surface area (Å²) < 4.78 is 7.05. The summed E-state index contributed by atoms with van der Waals surface area (Å²) in [6, 6.07) is 22.3. The summed E-state index contributed by atoms with van der Waals surface area (Å²) in [5.74, 6) is 1.28. The molecule has 1 aliphatic rings. The lowest BCUT2D eigenvalue weighted by Gasteiger charge is -2.07. The van der Waals surface area contributed by atoms with Crippen molar-refractivity contribution in [3.8, 4) is 28.6 Å². The molecular formula is C24H17N4O2+. The van der Waals surface area contributed by atoms with Crippen molar-refractivity contribution in [2.75, 3.05) is 5.32 Å². The molecule has 1 atom stereocenters. The predicted molar refractivity (Wildman–Crippen MR) is 110 cm³/mol. The maximum atomic E-state index is 13.2. The summed E-state index contributed by atoms with van der Waals surface area (Å²) in [6.07, 6.45) is 3.80. The fourth-order valence-corrected chi connectivity index (χ4v) is 3.66. The minimum atomic E-state index is -0.457. The minimum absolute atomic E-state index is 0.0707. The molecule has 1 aliphatic heterocycles. The van der Waals surface area contributed by atoms with E-state index in [0.717, 1.165) is 16.9 Å². The SMILES string of the molecule is N#Cc1cccc(-c2nc(-c3ccccc3)c[n+]3c2NC(Cc2ccco2)C3=O)c1. The molecule has 0 saturated heterocycles. The second kappa shape index (κ2) is 7.30. The number of rotatable bonds is 4. The van der Waals surface area contributed by atoms with E-state index in [9.17, 15) is 10.1 Å². The van der Waals surface area contributed by atoms with E-state index in [4.69, 9.17) is 9.40 Å². The van der Waals surface area contributed by atoms with Crippen molar-refractivity contribution in [1.29, 1.82) is 5.26 Å². The largest absolute Gasteiger partial charge is 0.469 e. The zero-order valence-corrected chi connectivity index (χ0v) is 15.9. The number of benzene rings is 2. The molecule has 3 heterocycles. The van der Waals surface area contributed by atoms with Gasteiger partial charge in [0.25, 0.3) is 0 Å². The first-order valence-corrected chi connectivity index (χ1v) is 9.59. The smallest absolute Gasteiger partial charge is 0.359 e. The van der Waals surface area contributed by atoms with Crippen LogP contribution in [-0.4, -0.2) is 16.9 Å². The van der Waals surface area contributed by atoms with Gasteiger partial charge in [-0.3, -0.25) is 5.32 Å². The third kappa shape index (κ3) is 3.12. The van der Waals surface area contributed by atoms with Crippen molar-refractivity contribution in [3.05, 3.63) is 90.5 Å². The highest BCUT2D eigenvalue weighted by molar-refractivity contribution is 5.87. The van der Waals surface area contributed by atoms with E-state index in [1.807, 2.05) is 54.6 Å². The normalized spacial score (nSPS) is 14.8. The number of nitrogens with one attached hydrogen (secondary N) is 1. The van der Waals surface area contributed by atoms with Crippen LogP contribution in [0, 0.1) is 11.3 Å². The lowest BCUT2D eigenvalue weighted by Crippen LogP contribution is -2.43. The molecule has 2 aromatic carbocycles. The van der Waals surface area contributed by atoms with E-state index in [0.29, 0.717) is 29.2 Å². The molecule has 0 radical (unpaired) electrons. The van der Waals surface area contributed by atoms with Crippen molar-refractivity contribution in [3.63, 3.8) is 0 Å². The van der Waals surface area contributed by atoms with Gasteiger partial charge in [-0.15, -0.1) is 0 Å². The van der Waals surface area contributed by atoms with Crippen LogP contribution in [0.2, 0.25) is 0 Å². The monoisotopic (exact) mass is 393 g/mol. The Balaban J connectivity index is 1.65. The van der Waals surface area contributed by atoms with Gasteiger partial charge < -0.3 is 4.42 Å². The Morgan fingerprint density at radius 3 is 2.67 bits per heavy atom. The zero-order valence-electron chi connectivity index (χ0n) is 15.9. The van der Waals surface area contributed by atoms with Crippen molar-refractivity contribution < 1.29 is 13.8 Å². The lowest BCUT2D eigenvalue weighted by molar-refractivity contribution is -0.551. The first-order valence-electron chi connectivity index (χ1n) is 9.59. The molecule has 0 amide bonds. The van der Waals surface area contributed by atoms with E-state index in [1.54, 1.807) is 29.2 Å². The summed E-state index contributed by atoms with van der Waals surface area (Å²) in [6.45, 7) is 0. The first kappa shape index (κ1) is 17.8. The van der Waals surface area contributed by atoms with Crippen LogP contribution >= 0.6 is 0 Å². The Morgan fingerprint density at radius 1 is 1.07 bits per heavy atom. The highest BCUT2D eigenvalue weighted by atomic mass is 16.3. The fraction of sp³-hybridized carbons (Fsp3) is 0.0833. The second-order valence-corrected chi connectivity index (χ2v) is 7.07. The molecule has 6 nitrogen and oxygen atoms in total. The number of fused-ring (bicyclic) bond motifs is 1. The number of carbonyl (C=O) groups is 1. The average Bonchev–Trinajstić information content (AvgIpc) is 3.42. The van der Waals surface area contributed by atoms with Gasteiger partial charge in [0.15, 0.2) is 5.69 Å². The lowest BCUT2D eigenvalue weighted by atomic mass is 10.1. The summed E-state index contributed by atoms with van der Waals surface area (Å²) in [4.78, 5) is 18.0. The molecule has 1 N–H and O–H groups in total. The molecule has 0 fully saturated rings. The summed E-state index contributed by atoms with van der Waals surface area (Å²) in [7, 11) is 0. The second-order valence-electron chi connectivity index (χ2n) is 7.07. The molecule has 0 aliphatic carbocycles. The van der Waals surface area contributed by atoms with Crippen LogP contribution in [-0.2, 0) is 6.42 Å². The highest BCUT2D eigenvalue weighted by Gasteiger charge is 2.41. The van der Waals surface area contributed by atoms with E-state index < -0.39 is 6.04 Å². The van der Waals surface area contributed by atoms with E-state index in [-0.39, 0.29) is 5.91 Å². The Hall–Kier alpha value is -4.24. The number of nitriles is 1. The molecule has 5 rings (SSSR count). The maximum absolute atomic E-state index is 13.2. The first-order chi connectivity index (χ1) is 14.7. The summed E-state index contributed by atoms with van der Waals surface area (Å²) >= 11 is 0. The molecule has 2 aromatic heterocycles. The molecule has 4 aromatic rings. The van der Waals surface area contributed by atoms with Crippen LogP contribution in [0.4, 0.5) is 5.82 Å². The van der Waals surface area contributed by atoms with Gasteiger partial charge in [-0.2, -0.15) is 9.83 Å². The van der Waals surface area contributed by atoms with Crippen LogP contribution < -0.4 is 9.88 Å². The van der Waals surface area contributed by atoms with Gasteiger partial charge in [0.2, 0.25) is 6.04 Å². The van der Waals surface area contributed by atoms with Crippen LogP contribution in [0.5, 0.6) is 0 Å². The van der Waals surface area contributed by atoms with Crippen molar-refractivity contribution >= 4 is 11.7 Å². The molecular weight excluding hydrogens is 376 g/mol. The number of furan rings is 1. The van der Waals surface area contributed by atoms with E-state index in [1.165, 1.54) is 0 Å². The number of anilines is 1. The quantitative estimate of drug-likeness (QED) is 0.533. The number of carbonyl (C=O) groups excluding carboxylic acids is 1. The van der Waals surface area contributed by atoms with Gasteiger partial charge in [-0.1, -0.05) is 42.5 Å². The number of hydrogen-bond donors (Lipinski definition) is 1. The number of nitrogens with zero attached hydrogens (tertiary/aromatic N) is 3. The van der Waals surface area contributed by atoms with Gasteiger partial charge in [-0.05, 0) is 24.3 Å². The third-order valence-electron chi connectivity index (χ3n) is 5.12. The van der Waals surface area contributed by atoms with E-state index >= 15 is 0 Å². The summed E-state index contributed by atoms with van der Waals surface area (Å²) in [5.41, 5.74) is 3.53. The highest BCUT2D eigenvalue weighted by Crippen LogP contribution is 2.30. The molecule has 0 saturated carbocycles. The Morgan fingerprint density at radius 2 is 1.90 bits per heavy atom. The Labute approximate surface area is 173 Å². The summed E-state index contributed by atoms with van der Waals surface area (Å²) in [5, 5.41) is 12.6. The van der Waals surface area contributed by atoms with Crippen molar-refractivity contribution in [1.82, 2.24) is 4.98 Å². The molecule has 0 bridgehead atoms. The molecule has 1 unspecified atom stereocenters. The van der Waals surface area contributed by atoms with Gasteiger partial charge in [-0.25, -0.2) is 9.78 Å². The molecule has 0 spiro atoms. The zero-order chi connectivity index (χ0) is 20.5. The maximum Gasteiger partial charge on any atom is 0.359 e. The topological polar surface area (TPSA) is 82.8 Å². The van der Waals surface area contributed by atoms with Crippen LogP contribution in [0.25, 0.3) is 22.5 Å². The van der Waals surface area contributed by atoms with Gasteiger partial charge >= 0.3 is 11.7 Å². The fourth-order valence-electron chi connectivity index (χ4n) is 3.66. The van der Waals surface area contributed by atoms with Crippen molar-refractivity contribution in [2.45, 2.75) is 12.5 Å². The van der Waals surface area contributed by atoms with Gasteiger partial charge in [0.05, 0.1) is 24.3 Å². The van der Waals surface area contributed by atoms with Gasteiger partial charge in [0, 0.05) is 11.1 Å². The predicted octanol–water partition coefficient (Wildman–Crippen LogP) is 3.84. The number of aromatic nitrogens is 2. The van der Waals surface area contributed by atoms with Crippen molar-refractivity contribution in [2.24, 2.45) is 0 Å². The molecule has 30 heavy (non-hydrogen) atoms. The average molecular weight is 393 g/mol. The minimum Gasteiger partial charge on any atom is -0.469 e. The van der Waals surface area contributed by atoms with E-state index in [2.05, 4.69) is 11.4 Å². The van der Waals surface area contributed by atoms with Crippen LogP contribution in [0.3, 0.4) is 0 Å². The Kier molecular flexibility index (Phi) is 4.34. The van der Waals surface area contributed by atoms with Crippen LogP contribution in [0.15, 0.2) is 83.6 Å². The van der Waals surface area contributed by atoms with Crippen LogP contribution in [0.1, 0.15) is 16.1 Å². The standard InChI is InChI=1S/C24H16N4O2/c25-14-16-6-4-9-18(12-16)22-23-27-20(13-19-10-5-11-30-19)24(29)28(23)15-21(26-22)17-7-2-1-3-8-17/h1-12,15,20H,13H2/p+1. The Bertz CT molecular complexity index is 1270. The molecule has 6 heteroatoms. The molecule has 144 valence electrons. The van der Waals surface area contributed by atoms with Gasteiger partial charge in [0.1, 0.15) is 17.7 Å². The third-order valence-corrected chi connectivity index (χ3v) is 5.12.